The summed E-state index contributed by atoms with van der Waals surface area (Å²) in [4.78, 5) is 12.3. The number of phenols is 1. The molecular formula is C15H15BO2. The fourth-order valence-electron chi connectivity index (χ4n) is 1.88. The summed E-state index contributed by atoms with van der Waals surface area (Å²) in [5.41, 5.74) is 2.82. The first kappa shape index (κ1) is 12.4. The molecule has 0 aliphatic heterocycles. The van der Waals surface area contributed by atoms with Gasteiger partial charge in [-0.3, -0.25) is 4.79 Å². The van der Waals surface area contributed by atoms with E-state index in [0.29, 0.717) is 5.56 Å². The molecule has 0 heterocycles. The zero-order valence-corrected chi connectivity index (χ0v) is 10.6. The van der Waals surface area contributed by atoms with Crippen LogP contribution >= 0.6 is 0 Å². The minimum absolute atomic E-state index is 0.0684. The molecule has 0 aromatic heterocycles. The summed E-state index contributed by atoms with van der Waals surface area (Å²) in [7, 11) is 2.02. The molecule has 2 nitrogen and oxygen atoms in total. The SMILES string of the molecule is Bc1ccc(C(C)C(=O)c2ccc(O)cc2)cc1. The fraction of sp³-hybridized carbons (Fsp3) is 0.133. The Morgan fingerprint density at radius 3 is 2.17 bits per heavy atom. The van der Waals surface area contributed by atoms with Crippen LogP contribution in [0.3, 0.4) is 0 Å². The molecule has 0 amide bonds. The normalized spacial score (nSPS) is 12.1. The van der Waals surface area contributed by atoms with E-state index < -0.39 is 0 Å². The van der Waals surface area contributed by atoms with Crippen LogP contribution in [-0.2, 0) is 0 Å². The van der Waals surface area contributed by atoms with Gasteiger partial charge in [-0.2, -0.15) is 0 Å². The first-order chi connectivity index (χ1) is 8.58. The number of benzene rings is 2. The predicted octanol–water partition coefficient (Wildman–Crippen LogP) is 1.64. The molecule has 2 aromatic rings. The minimum atomic E-state index is -0.171. The van der Waals surface area contributed by atoms with Gasteiger partial charge in [0.25, 0.3) is 0 Å². The number of carbonyl (C=O) groups is 1. The summed E-state index contributed by atoms with van der Waals surface area (Å²) >= 11 is 0. The standard InChI is InChI=1S/C15H15BO2/c1-10(11-2-6-13(16)7-3-11)15(18)12-4-8-14(17)9-5-12/h2-10,17H,16H2,1H3. The predicted molar refractivity (Wildman–Crippen MR) is 75.5 cm³/mol. The van der Waals surface area contributed by atoms with Gasteiger partial charge < -0.3 is 5.11 Å². The van der Waals surface area contributed by atoms with Gasteiger partial charge >= 0.3 is 0 Å². The molecule has 1 N–H and O–H groups in total. The number of carbonyl (C=O) groups excluding carboxylic acids is 1. The largest absolute Gasteiger partial charge is 0.508 e. The molecule has 2 aromatic carbocycles. The molecule has 0 saturated carbocycles. The third-order valence-corrected chi connectivity index (χ3v) is 3.12. The molecule has 0 saturated heterocycles. The van der Waals surface area contributed by atoms with Crippen molar-refractivity contribution in [3.8, 4) is 5.75 Å². The van der Waals surface area contributed by atoms with E-state index in [-0.39, 0.29) is 17.5 Å². The second kappa shape index (κ2) is 5.09. The molecule has 3 heteroatoms. The van der Waals surface area contributed by atoms with E-state index in [9.17, 15) is 9.90 Å². The number of ketones is 1. The van der Waals surface area contributed by atoms with E-state index in [2.05, 4.69) is 0 Å². The smallest absolute Gasteiger partial charge is 0.170 e. The molecule has 0 aliphatic carbocycles. The lowest BCUT2D eigenvalue weighted by molar-refractivity contribution is 0.0966. The van der Waals surface area contributed by atoms with Crippen molar-refractivity contribution in [3.63, 3.8) is 0 Å². The van der Waals surface area contributed by atoms with Gasteiger partial charge in [0.2, 0.25) is 0 Å². The Hall–Kier alpha value is -2.03. The Morgan fingerprint density at radius 1 is 1.06 bits per heavy atom. The highest BCUT2D eigenvalue weighted by Gasteiger charge is 2.16. The highest BCUT2D eigenvalue weighted by atomic mass is 16.3. The number of hydrogen-bond acceptors (Lipinski definition) is 2. The van der Waals surface area contributed by atoms with E-state index in [0.717, 1.165) is 5.56 Å². The maximum atomic E-state index is 12.3. The number of phenolic OH excluding ortho intramolecular Hbond substituents is 1. The molecule has 2 rings (SSSR count). The molecule has 1 atom stereocenters. The van der Waals surface area contributed by atoms with Crippen LogP contribution in [-0.4, -0.2) is 18.7 Å². The molecule has 90 valence electrons. The van der Waals surface area contributed by atoms with Crippen molar-refractivity contribution < 1.29 is 9.90 Å². The number of rotatable bonds is 3. The van der Waals surface area contributed by atoms with Crippen molar-refractivity contribution in [3.05, 3.63) is 59.7 Å². The third kappa shape index (κ3) is 2.62. The van der Waals surface area contributed by atoms with Gasteiger partial charge in [-0.05, 0) is 29.8 Å². The van der Waals surface area contributed by atoms with Crippen LogP contribution in [0, 0.1) is 0 Å². The van der Waals surface area contributed by atoms with E-state index in [1.807, 2.05) is 39.0 Å². The Kier molecular flexibility index (Phi) is 3.51. The third-order valence-electron chi connectivity index (χ3n) is 3.12. The van der Waals surface area contributed by atoms with Crippen LogP contribution in [0.1, 0.15) is 28.8 Å². The topological polar surface area (TPSA) is 37.3 Å². The quantitative estimate of drug-likeness (QED) is 0.651. The first-order valence-electron chi connectivity index (χ1n) is 5.98. The van der Waals surface area contributed by atoms with Crippen LogP contribution in [0.15, 0.2) is 48.5 Å². The van der Waals surface area contributed by atoms with Crippen molar-refractivity contribution in [2.24, 2.45) is 0 Å². The van der Waals surface area contributed by atoms with Gasteiger partial charge in [0.1, 0.15) is 13.6 Å². The number of aromatic hydroxyl groups is 1. The lowest BCUT2D eigenvalue weighted by Crippen LogP contribution is -2.11. The van der Waals surface area contributed by atoms with Crippen molar-refractivity contribution in [1.29, 1.82) is 0 Å². The van der Waals surface area contributed by atoms with Crippen LogP contribution in [0.5, 0.6) is 5.75 Å². The molecule has 0 fully saturated rings. The summed E-state index contributed by atoms with van der Waals surface area (Å²) in [6, 6.07) is 14.4. The van der Waals surface area contributed by atoms with Gasteiger partial charge in [-0.25, -0.2) is 0 Å². The Balaban J connectivity index is 2.23. The van der Waals surface area contributed by atoms with E-state index in [1.54, 1.807) is 12.1 Å². The highest BCUT2D eigenvalue weighted by molar-refractivity contribution is 6.32. The minimum Gasteiger partial charge on any atom is -0.508 e. The van der Waals surface area contributed by atoms with Gasteiger partial charge in [-0.1, -0.05) is 36.7 Å². The van der Waals surface area contributed by atoms with Crippen molar-refractivity contribution >= 4 is 19.1 Å². The molecular weight excluding hydrogens is 223 g/mol. The molecule has 0 radical (unpaired) electrons. The first-order valence-corrected chi connectivity index (χ1v) is 5.98. The summed E-state index contributed by atoms with van der Waals surface area (Å²) in [6.07, 6.45) is 0. The lowest BCUT2D eigenvalue weighted by atomic mass is 9.89. The number of hydrogen-bond donors (Lipinski definition) is 1. The second-order valence-electron chi connectivity index (χ2n) is 4.54. The van der Waals surface area contributed by atoms with E-state index in [1.165, 1.54) is 17.6 Å². The summed E-state index contributed by atoms with van der Waals surface area (Å²) in [5, 5.41) is 9.21. The lowest BCUT2D eigenvalue weighted by Gasteiger charge is -2.11. The van der Waals surface area contributed by atoms with Crippen molar-refractivity contribution in [1.82, 2.24) is 0 Å². The molecule has 18 heavy (non-hydrogen) atoms. The van der Waals surface area contributed by atoms with Crippen LogP contribution in [0.2, 0.25) is 0 Å². The van der Waals surface area contributed by atoms with Crippen LogP contribution in [0.4, 0.5) is 0 Å². The monoisotopic (exact) mass is 238 g/mol. The Morgan fingerprint density at radius 2 is 1.61 bits per heavy atom. The van der Waals surface area contributed by atoms with Crippen LogP contribution < -0.4 is 5.46 Å². The zero-order chi connectivity index (χ0) is 13.1. The maximum absolute atomic E-state index is 12.3. The number of Topliss-reactive ketones (excluding diaryl/α,β-unsaturated/α-hetero) is 1. The highest BCUT2D eigenvalue weighted by Crippen LogP contribution is 2.21. The second-order valence-corrected chi connectivity index (χ2v) is 4.54. The van der Waals surface area contributed by atoms with Crippen LogP contribution in [0.25, 0.3) is 0 Å². The average Bonchev–Trinajstić information content (AvgIpc) is 2.39. The summed E-state index contributed by atoms with van der Waals surface area (Å²) in [6.45, 7) is 1.90. The molecule has 1 unspecified atom stereocenters. The molecule has 0 bridgehead atoms. The summed E-state index contributed by atoms with van der Waals surface area (Å²) < 4.78 is 0. The maximum Gasteiger partial charge on any atom is 0.170 e. The molecule has 0 aliphatic rings. The molecule has 0 spiro atoms. The zero-order valence-electron chi connectivity index (χ0n) is 10.6. The van der Waals surface area contributed by atoms with Crippen molar-refractivity contribution in [2.45, 2.75) is 12.8 Å². The van der Waals surface area contributed by atoms with E-state index >= 15 is 0 Å². The van der Waals surface area contributed by atoms with Crippen molar-refractivity contribution in [2.75, 3.05) is 0 Å². The van der Waals surface area contributed by atoms with Gasteiger partial charge in [0, 0.05) is 11.5 Å². The van der Waals surface area contributed by atoms with Gasteiger partial charge in [0.05, 0.1) is 0 Å². The Bertz CT molecular complexity index is 544. The van der Waals surface area contributed by atoms with Gasteiger partial charge in [0.15, 0.2) is 5.78 Å². The van der Waals surface area contributed by atoms with E-state index in [4.69, 9.17) is 0 Å². The fourth-order valence-corrected chi connectivity index (χ4v) is 1.88. The Labute approximate surface area is 108 Å². The average molecular weight is 238 g/mol. The summed E-state index contributed by atoms with van der Waals surface area (Å²) in [5.74, 6) is 0.0727. The van der Waals surface area contributed by atoms with Gasteiger partial charge in [-0.15, -0.1) is 0 Å².